The van der Waals surface area contributed by atoms with Gasteiger partial charge in [0.15, 0.2) is 28.6 Å². The number of carbonyl (C=O) groups excluding carboxylic acids is 1. The number of anilines is 1. The van der Waals surface area contributed by atoms with Gasteiger partial charge in [0.25, 0.3) is 0 Å². The van der Waals surface area contributed by atoms with Crippen molar-refractivity contribution in [1.29, 1.82) is 0 Å². The van der Waals surface area contributed by atoms with Gasteiger partial charge in [0.1, 0.15) is 0 Å². The summed E-state index contributed by atoms with van der Waals surface area (Å²) in [5.41, 5.74) is 0.892. The fraction of sp³-hybridized carbons (Fsp3) is 0.318. The fourth-order valence-corrected chi connectivity index (χ4v) is 3.87. The van der Waals surface area contributed by atoms with Crippen molar-refractivity contribution in [2.24, 2.45) is 7.05 Å². The van der Waals surface area contributed by atoms with E-state index in [0.717, 1.165) is 5.69 Å². The number of hydrogen-bond acceptors (Lipinski definition) is 6. The summed E-state index contributed by atoms with van der Waals surface area (Å²) in [6, 6.07) is 17.1. The molecule has 0 aliphatic carbocycles. The van der Waals surface area contributed by atoms with Crippen LogP contribution in [0.1, 0.15) is 25.8 Å². The summed E-state index contributed by atoms with van der Waals surface area (Å²) in [7, 11) is 3.48. The quantitative estimate of drug-likeness (QED) is 0.480. The zero-order valence-electron chi connectivity index (χ0n) is 17.6. The molecule has 0 aliphatic heterocycles. The molecule has 1 unspecified atom stereocenters. The van der Waals surface area contributed by atoms with Gasteiger partial charge < -0.3 is 18.9 Å². The smallest absolute Gasteiger partial charge is 0.237 e. The van der Waals surface area contributed by atoms with E-state index >= 15 is 0 Å². The van der Waals surface area contributed by atoms with Crippen LogP contribution >= 0.6 is 11.8 Å². The predicted octanol–water partition coefficient (Wildman–Crippen LogP) is 4.11. The number of para-hydroxylation sites is 3. The maximum atomic E-state index is 12.7. The third-order valence-corrected chi connectivity index (χ3v) is 5.62. The molecule has 1 heterocycles. The highest BCUT2D eigenvalue weighted by atomic mass is 32.2. The summed E-state index contributed by atoms with van der Waals surface area (Å²) in [5.74, 6) is 2.27. The van der Waals surface area contributed by atoms with Crippen molar-refractivity contribution in [3.05, 3.63) is 60.4 Å². The van der Waals surface area contributed by atoms with Crippen molar-refractivity contribution >= 4 is 23.4 Å². The van der Waals surface area contributed by atoms with Crippen molar-refractivity contribution in [3.63, 3.8) is 0 Å². The first-order valence-corrected chi connectivity index (χ1v) is 10.7. The van der Waals surface area contributed by atoms with Crippen molar-refractivity contribution < 1.29 is 14.3 Å². The minimum absolute atomic E-state index is 0.0246. The molecule has 1 amide bonds. The third-order valence-electron chi connectivity index (χ3n) is 4.61. The molecule has 0 saturated carbocycles. The van der Waals surface area contributed by atoms with Gasteiger partial charge in [-0.05, 0) is 38.1 Å². The Hall–Kier alpha value is -3.00. The molecule has 0 radical (unpaired) electrons. The molecule has 3 aromatic rings. The van der Waals surface area contributed by atoms with Crippen LogP contribution in [0.15, 0.2) is 59.8 Å². The number of thioether (sulfide) groups is 1. The second-order valence-electron chi connectivity index (χ2n) is 6.57. The Morgan fingerprint density at radius 2 is 1.77 bits per heavy atom. The van der Waals surface area contributed by atoms with Crippen molar-refractivity contribution in [1.82, 2.24) is 14.8 Å². The SMILES string of the molecule is CCN(C(=O)CSc1nnc(C(C)Oc2ccccc2OC)n1C)c1ccccc1. The van der Waals surface area contributed by atoms with Crippen LogP contribution in [-0.4, -0.2) is 40.1 Å². The number of nitrogens with zero attached hydrogens (tertiary/aromatic N) is 4. The molecular formula is C22H26N4O3S. The maximum absolute atomic E-state index is 12.7. The molecule has 0 fully saturated rings. The maximum Gasteiger partial charge on any atom is 0.237 e. The zero-order chi connectivity index (χ0) is 21.5. The first-order chi connectivity index (χ1) is 14.5. The third kappa shape index (κ3) is 4.94. The van der Waals surface area contributed by atoms with E-state index in [-0.39, 0.29) is 17.8 Å². The number of methoxy groups -OCH3 is 1. The van der Waals surface area contributed by atoms with Gasteiger partial charge in [-0.3, -0.25) is 4.79 Å². The van der Waals surface area contributed by atoms with Crippen molar-refractivity contribution in [2.45, 2.75) is 25.1 Å². The molecule has 2 aromatic carbocycles. The first-order valence-electron chi connectivity index (χ1n) is 9.72. The molecule has 0 spiro atoms. The molecule has 158 valence electrons. The predicted molar refractivity (Wildman–Crippen MR) is 118 cm³/mol. The van der Waals surface area contributed by atoms with E-state index in [9.17, 15) is 4.79 Å². The highest BCUT2D eigenvalue weighted by Crippen LogP contribution is 2.30. The van der Waals surface area contributed by atoms with E-state index in [4.69, 9.17) is 9.47 Å². The standard InChI is InChI=1S/C22H26N4O3S/c1-5-26(17-11-7-6-8-12-17)20(27)15-30-22-24-23-21(25(22)3)16(2)29-19-14-10-9-13-18(19)28-4/h6-14,16H,5,15H2,1-4H3. The van der Waals surface area contributed by atoms with Crippen LogP contribution in [0.4, 0.5) is 5.69 Å². The molecule has 0 N–H and O–H groups in total. The Bertz CT molecular complexity index is 978. The van der Waals surface area contributed by atoms with E-state index in [1.54, 1.807) is 12.0 Å². The molecular weight excluding hydrogens is 400 g/mol. The van der Waals surface area contributed by atoms with Gasteiger partial charge in [-0.15, -0.1) is 10.2 Å². The fourth-order valence-electron chi connectivity index (χ4n) is 3.08. The van der Waals surface area contributed by atoms with E-state index in [0.29, 0.717) is 29.0 Å². The highest BCUT2D eigenvalue weighted by Gasteiger charge is 2.20. The van der Waals surface area contributed by atoms with Crippen molar-refractivity contribution in [2.75, 3.05) is 24.3 Å². The molecule has 8 heteroatoms. The van der Waals surface area contributed by atoms with E-state index in [1.807, 2.05) is 80.1 Å². The van der Waals surface area contributed by atoms with Gasteiger partial charge >= 0.3 is 0 Å². The van der Waals surface area contributed by atoms with Gasteiger partial charge in [-0.25, -0.2) is 0 Å². The summed E-state index contributed by atoms with van der Waals surface area (Å²) in [6.07, 6.45) is -0.333. The van der Waals surface area contributed by atoms with Crippen LogP contribution in [-0.2, 0) is 11.8 Å². The second-order valence-corrected chi connectivity index (χ2v) is 7.52. The van der Waals surface area contributed by atoms with Gasteiger partial charge in [-0.2, -0.15) is 0 Å². The topological polar surface area (TPSA) is 69.5 Å². The summed E-state index contributed by atoms with van der Waals surface area (Å²) < 4.78 is 13.2. The Morgan fingerprint density at radius 3 is 2.43 bits per heavy atom. The lowest BCUT2D eigenvalue weighted by Crippen LogP contribution is -2.32. The van der Waals surface area contributed by atoms with Gasteiger partial charge in [0, 0.05) is 19.3 Å². The Balaban J connectivity index is 1.65. The van der Waals surface area contributed by atoms with Crippen LogP contribution < -0.4 is 14.4 Å². The molecule has 1 atom stereocenters. The molecule has 1 aromatic heterocycles. The first kappa shape index (κ1) is 21.7. The molecule has 30 heavy (non-hydrogen) atoms. The number of amides is 1. The minimum Gasteiger partial charge on any atom is -0.493 e. The molecule has 7 nitrogen and oxygen atoms in total. The summed E-state index contributed by atoms with van der Waals surface area (Å²) >= 11 is 1.36. The lowest BCUT2D eigenvalue weighted by Gasteiger charge is -2.20. The van der Waals surface area contributed by atoms with E-state index < -0.39 is 0 Å². The number of ether oxygens (including phenoxy) is 2. The van der Waals surface area contributed by atoms with Crippen LogP contribution in [0, 0.1) is 0 Å². The van der Waals surface area contributed by atoms with Crippen LogP contribution in [0.25, 0.3) is 0 Å². The summed E-state index contributed by atoms with van der Waals surface area (Å²) in [4.78, 5) is 14.5. The Kier molecular flexibility index (Phi) is 7.35. The van der Waals surface area contributed by atoms with Crippen LogP contribution in [0.3, 0.4) is 0 Å². The normalized spacial score (nSPS) is 11.7. The number of benzene rings is 2. The molecule has 0 bridgehead atoms. The number of hydrogen-bond donors (Lipinski definition) is 0. The minimum atomic E-state index is -0.333. The largest absolute Gasteiger partial charge is 0.493 e. The molecule has 0 aliphatic rings. The Morgan fingerprint density at radius 1 is 1.10 bits per heavy atom. The average molecular weight is 427 g/mol. The lowest BCUT2D eigenvalue weighted by atomic mass is 10.3. The second kappa shape index (κ2) is 10.2. The van der Waals surface area contributed by atoms with Crippen LogP contribution in [0.2, 0.25) is 0 Å². The van der Waals surface area contributed by atoms with Gasteiger partial charge in [-0.1, -0.05) is 42.1 Å². The lowest BCUT2D eigenvalue weighted by molar-refractivity contribution is -0.116. The monoisotopic (exact) mass is 426 g/mol. The van der Waals surface area contributed by atoms with Gasteiger partial charge in [0.05, 0.1) is 12.9 Å². The number of aromatic nitrogens is 3. The highest BCUT2D eigenvalue weighted by molar-refractivity contribution is 7.99. The van der Waals surface area contributed by atoms with Crippen LogP contribution in [0.5, 0.6) is 11.5 Å². The number of rotatable bonds is 9. The average Bonchev–Trinajstić information content (AvgIpc) is 3.14. The molecule has 3 rings (SSSR count). The molecule has 0 saturated heterocycles. The number of carbonyl (C=O) groups is 1. The van der Waals surface area contributed by atoms with E-state index in [1.165, 1.54) is 11.8 Å². The zero-order valence-corrected chi connectivity index (χ0v) is 18.4. The van der Waals surface area contributed by atoms with E-state index in [2.05, 4.69) is 10.2 Å². The summed E-state index contributed by atoms with van der Waals surface area (Å²) in [5, 5.41) is 9.18. The summed E-state index contributed by atoms with van der Waals surface area (Å²) in [6.45, 7) is 4.48. The Labute approximate surface area is 181 Å². The van der Waals surface area contributed by atoms with Crippen molar-refractivity contribution in [3.8, 4) is 11.5 Å². The van der Waals surface area contributed by atoms with Gasteiger partial charge in [0.2, 0.25) is 5.91 Å².